The number of phenols is 1. The van der Waals surface area contributed by atoms with Crippen LogP contribution in [0, 0.1) is 17.8 Å². The summed E-state index contributed by atoms with van der Waals surface area (Å²) in [6.07, 6.45) is 6.75. The van der Waals surface area contributed by atoms with Gasteiger partial charge in [-0.3, -0.25) is 9.59 Å². The van der Waals surface area contributed by atoms with Crippen molar-refractivity contribution in [2.24, 2.45) is 17.8 Å². The van der Waals surface area contributed by atoms with Gasteiger partial charge in [0.15, 0.2) is 0 Å². The summed E-state index contributed by atoms with van der Waals surface area (Å²) in [7, 11) is 0. The highest BCUT2D eigenvalue weighted by Crippen LogP contribution is 2.42. The van der Waals surface area contributed by atoms with Gasteiger partial charge in [0.25, 0.3) is 0 Å². The Morgan fingerprint density at radius 2 is 1.86 bits per heavy atom. The average Bonchev–Trinajstić information content (AvgIpc) is 3.09. The van der Waals surface area contributed by atoms with E-state index in [4.69, 9.17) is 5.11 Å². The normalized spacial score (nSPS) is 25.8. The summed E-state index contributed by atoms with van der Waals surface area (Å²) >= 11 is 0. The first-order chi connectivity index (χ1) is 10.1. The highest BCUT2D eigenvalue weighted by molar-refractivity contribution is 6.39. The maximum atomic E-state index is 11.8. The van der Waals surface area contributed by atoms with Crippen LogP contribution in [0.3, 0.4) is 0 Å². The molecule has 21 heavy (non-hydrogen) atoms. The van der Waals surface area contributed by atoms with Crippen molar-refractivity contribution in [1.82, 2.24) is 5.32 Å². The molecular weight excluding hydrogens is 268 g/mol. The number of rotatable bonds is 3. The Hall–Kier alpha value is -2.30. The van der Waals surface area contributed by atoms with E-state index in [0.717, 1.165) is 6.42 Å². The lowest BCUT2D eigenvalue weighted by Crippen LogP contribution is -2.38. The highest BCUT2D eigenvalue weighted by atomic mass is 16.3. The molecule has 110 valence electrons. The molecule has 3 N–H and O–H groups in total. The fourth-order valence-electron chi connectivity index (χ4n) is 3.17. The van der Waals surface area contributed by atoms with E-state index in [-0.39, 0.29) is 5.75 Å². The Balaban J connectivity index is 1.47. The minimum absolute atomic E-state index is 0.113. The molecular formula is C16H18N2O3. The molecule has 1 aromatic rings. The molecule has 0 aliphatic heterocycles. The van der Waals surface area contributed by atoms with E-state index in [9.17, 15) is 9.59 Å². The van der Waals surface area contributed by atoms with Crippen LogP contribution in [0.5, 0.6) is 5.75 Å². The Morgan fingerprint density at radius 1 is 1.10 bits per heavy atom. The number of fused-ring (bicyclic) bond motifs is 2. The van der Waals surface area contributed by atoms with Crippen LogP contribution in [-0.2, 0) is 9.59 Å². The first kappa shape index (κ1) is 13.7. The molecule has 2 aliphatic carbocycles. The average molecular weight is 286 g/mol. The van der Waals surface area contributed by atoms with Crippen LogP contribution in [-0.4, -0.2) is 23.5 Å². The number of hydrogen-bond donors (Lipinski definition) is 3. The van der Waals surface area contributed by atoms with E-state index in [1.54, 1.807) is 12.1 Å². The number of aromatic hydroxyl groups is 1. The summed E-state index contributed by atoms with van der Waals surface area (Å²) in [4.78, 5) is 23.5. The van der Waals surface area contributed by atoms with Gasteiger partial charge >= 0.3 is 11.8 Å². The van der Waals surface area contributed by atoms with Crippen LogP contribution in [0.4, 0.5) is 5.69 Å². The van der Waals surface area contributed by atoms with E-state index < -0.39 is 11.8 Å². The van der Waals surface area contributed by atoms with Gasteiger partial charge in [0.1, 0.15) is 5.75 Å². The van der Waals surface area contributed by atoms with Crippen molar-refractivity contribution in [3.8, 4) is 5.75 Å². The molecule has 2 aliphatic rings. The lowest BCUT2D eigenvalue weighted by atomic mass is 9.94. The molecule has 0 spiro atoms. The molecule has 1 fully saturated rings. The van der Waals surface area contributed by atoms with E-state index in [2.05, 4.69) is 22.8 Å². The Labute approximate surface area is 123 Å². The number of phenolic OH excluding ortho intramolecular Hbond substituents is 1. The van der Waals surface area contributed by atoms with Gasteiger partial charge in [0.2, 0.25) is 0 Å². The smallest absolute Gasteiger partial charge is 0.313 e. The predicted molar refractivity (Wildman–Crippen MR) is 78.6 cm³/mol. The fourth-order valence-corrected chi connectivity index (χ4v) is 3.17. The summed E-state index contributed by atoms with van der Waals surface area (Å²) < 4.78 is 0. The van der Waals surface area contributed by atoms with E-state index in [1.807, 2.05) is 0 Å². The number of hydrogen-bond acceptors (Lipinski definition) is 3. The third kappa shape index (κ3) is 3.07. The van der Waals surface area contributed by atoms with Crippen LogP contribution in [0.1, 0.15) is 12.8 Å². The van der Waals surface area contributed by atoms with Crippen molar-refractivity contribution >= 4 is 17.5 Å². The molecule has 1 saturated carbocycles. The lowest BCUT2D eigenvalue weighted by Gasteiger charge is -2.18. The monoisotopic (exact) mass is 286 g/mol. The summed E-state index contributed by atoms with van der Waals surface area (Å²) in [5.74, 6) is 0.472. The van der Waals surface area contributed by atoms with Gasteiger partial charge in [0, 0.05) is 12.2 Å². The summed E-state index contributed by atoms with van der Waals surface area (Å²) in [6, 6.07) is 5.99. The minimum atomic E-state index is -0.681. The van der Waals surface area contributed by atoms with E-state index in [1.165, 1.54) is 18.6 Å². The number of anilines is 1. The maximum Gasteiger partial charge on any atom is 0.313 e. The molecule has 5 heteroatoms. The number of allylic oxidation sites excluding steroid dienone is 2. The number of nitrogens with one attached hydrogen (secondary N) is 2. The van der Waals surface area contributed by atoms with E-state index >= 15 is 0 Å². The summed E-state index contributed by atoms with van der Waals surface area (Å²) in [5.41, 5.74) is 0.482. The standard InChI is InChI=1S/C16H18N2O3/c19-14-5-3-13(4-6-14)18-16(21)15(20)17-9-12-8-10-1-2-11(12)7-10/h1-6,10-12,19H,7-9H2,(H,17,20)(H,18,21)/t10-,11+,12-/m1/s1. The summed E-state index contributed by atoms with van der Waals surface area (Å²) in [5, 5.41) is 14.4. The fraction of sp³-hybridized carbons (Fsp3) is 0.375. The third-order valence-corrected chi connectivity index (χ3v) is 4.27. The molecule has 5 nitrogen and oxygen atoms in total. The summed E-state index contributed by atoms with van der Waals surface area (Å²) in [6.45, 7) is 0.549. The van der Waals surface area contributed by atoms with Gasteiger partial charge in [-0.25, -0.2) is 0 Å². The van der Waals surface area contributed by atoms with Gasteiger partial charge in [-0.1, -0.05) is 12.2 Å². The van der Waals surface area contributed by atoms with Gasteiger partial charge in [-0.2, -0.15) is 0 Å². The second-order valence-electron chi connectivity index (χ2n) is 5.75. The number of carbonyl (C=O) groups is 2. The maximum absolute atomic E-state index is 11.8. The number of benzene rings is 1. The molecule has 0 heterocycles. The van der Waals surface area contributed by atoms with Crippen LogP contribution >= 0.6 is 0 Å². The van der Waals surface area contributed by atoms with Crippen molar-refractivity contribution in [2.75, 3.05) is 11.9 Å². The van der Waals surface area contributed by atoms with Crippen molar-refractivity contribution in [3.63, 3.8) is 0 Å². The molecule has 2 bridgehead atoms. The molecule has 0 aromatic heterocycles. The lowest BCUT2D eigenvalue weighted by molar-refractivity contribution is -0.136. The molecule has 0 saturated heterocycles. The highest BCUT2D eigenvalue weighted by Gasteiger charge is 2.35. The Bertz CT molecular complexity index is 580. The van der Waals surface area contributed by atoms with Crippen LogP contribution in [0.25, 0.3) is 0 Å². The van der Waals surface area contributed by atoms with E-state index in [0.29, 0.717) is 30.0 Å². The number of carbonyl (C=O) groups excluding carboxylic acids is 2. The van der Waals surface area contributed by atoms with Gasteiger partial charge in [-0.05, 0) is 54.9 Å². The third-order valence-electron chi connectivity index (χ3n) is 4.27. The molecule has 3 rings (SSSR count). The zero-order valence-corrected chi connectivity index (χ0v) is 11.6. The second-order valence-corrected chi connectivity index (χ2v) is 5.75. The zero-order valence-electron chi connectivity index (χ0n) is 11.6. The van der Waals surface area contributed by atoms with Crippen molar-refractivity contribution < 1.29 is 14.7 Å². The largest absolute Gasteiger partial charge is 0.508 e. The minimum Gasteiger partial charge on any atom is -0.508 e. The van der Waals surface area contributed by atoms with Gasteiger partial charge < -0.3 is 15.7 Å². The van der Waals surface area contributed by atoms with Crippen LogP contribution in [0.15, 0.2) is 36.4 Å². The second kappa shape index (κ2) is 5.60. The zero-order chi connectivity index (χ0) is 14.8. The quantitative estimate of drug-likeness (QED) is 0.449. The first-order valence-electron chi connectivity index (χ1n) is 7.18. The molecule has 0 unspecified atom stereocenters. The molecule has 0 radical (unpaired) electrons. The number of amides is 2. The molecule has 2 amide bonds. The van der Waals surface area contributed by atoms with Crippen molar-refractivity contribution in [1.29, 1.82) is 0 Å². The Kier molecular flexibility index (Phi) is 3.64. The van der Waals surface area contributed by atoms with Gasteiger partial charge in [0.05, 0.1) is 0 Å². The first-order valence-corrected chi connectivity index (χ1v) is 7.18. The SMILES string of the molecule is O=C(NC[C@H]1C[C@@H]2C=C[C@H]1C2)C(=O)Nc1ccc(O)cc1. The van der Waals surface area contributed by atoms with Crippen molar-refractivity contribution in [3.05, 3.63) is 36.4 Å². The topological polar surface area (TPSA) is 78.4 Å². The van der Waals surface area contributed by atoms with Gasteiger partial charge in [-0.15, -0.1) is 0 Å². The van der Waals surface area contributed by atoms with Crippen LogP contribution < -0.4 is 10.6 Å². The van der Waals surface area contributed by atoms with Crippen molar-refractivity contribution in [2.45, 2.75) is 12.8 Å². The predicted octanol–water partition coefficient (Wildman–Crippen LogP) is 1.66. The Morgan fingerprint density at radius 3 is 2.48 bits per heavy atom. The molecule has 1 aromatic carbocycles. The van der Waals surface area contributed by atoms with Crippen LogP contribution in [0.2, 0.25) is 0 Å². The molecule has 3 atom stereocenters.